The molecule has 1 aromatic heterocycles. The lowest BCUT2D eigenvalue weighted by atomic mass is 10.1. The van der Waals surface area contributed by atoms with Crippen molar-refractivity contribution in [3.63, 3.8) is 0 Å². The van der Waals surface area contributed by atoms with E-state index >= 15 is 0 Å². The zero-order chi connectivity index (χ0) is 12.0. The Morgan fingerprint density at radius 1 is 1.44 bits per heavy atom. The quantitative estimate of drug-likeness (QED) is 0.265. The van der Waals surface area contributed by atoms with Crippen molar-refractivity contribution in [3.8, 4) is 0 Å². The normalized spacial score (nSPS) is 11.8. The van der Waals surface area contributed by atoms with Crippen LogP contribution in [0, 0.1) is 0 Å². The van der Waals surface area contributed by atoms with Crippen LogP contribution in [0.5, 0.6) is 0 Å². The van der Waals surface area contributed by atoms with Gasteiger partial charge in [-0.1, -0.05) is 12.1 Å². The summed E-state index contributed by atoms with van der Waals surface area (Å²) in [5.41, 5.74) is 0.0512. The van der Waals surface area contributed by atoms with Crippen molar-refractivity contribution in [1.29, 1.82) is 0 Å². The summed E-state index contributed by atoms with van der Waals surface area (Å²) in [6.45, 7) is 1.34. The molecule has 0 bridgehead atoms. The van der Waals surface area contributed by atoms with Crippen molar-refractivity contribution in [3.05, 3.63) is 40.1 Å². The summed E-state index contributed by atoms with van der Waals surface area (Å²) in [6, 6.07) is 3.88. The highest BCUT2D eigenvalue weighted by molar-refractivity contribution is 7.10. The van der Waals surface area contributed by atoms with Crippen molar-refractivity contribution < 1.29 is 14.3 Å². The fraction of sp³-hybridized carbons (Fsp3) is 0.167. The SMILES string of the molecule is COC(=O)/C(=C\C=C\c1cccs1)C(C)=O. The second kappa shape index (κ2) is 6.02. The van der Waals surface area contributed by atoms with Gasteiger partial charge < -0.3 is 4.74 Å². The number of carbonyl (C=O) groups is 2. The molecule has 0 fully saturated rings. The number of carbonyl (C=O) groups excluding carboxylic acids is 2. The van der Waals surface area contributed by atoms with Gasteiger partial charge in [-0.15, -0.1) is 11.3 Å². The molecule has 0 aliphatic rings. The maximum Gasteiger partial charge on any atom is 0.341 e. The van der Waals surface area contributed by atoms with E-state index in [1.165, 1.54) is 20.1 Å². The van der Waals surface area contributed by atoms with Crippen molar-refractivity contribution >= 4 is 29.2 Å². The molecule has 4 heteroatoms. The van der Waals surface area contributed by atoms with Crippen molar-refractivity contribution in [2.24, 2.45) is 0 Å². The Kier molecular flexibility index (Phi) is 4.66. The van der Waals surface area contributed by atoms with E-state index in [4.69, 9.17) is 0 Å². The van der Waals surface area contributed by atoms with Gasteiger partial charge in [0.1, 0.15) is 5.57 Å². The third kappa shape index (κ3) is 3.47. The molecule has 0 aliphatic carbocycles. The monoisotopic (exact) mass is 236 g/mol. The zero-order valence-electron chi connectivity index (χ0n) is 9.10. The molecule has 1 heterocycles. The van der Waals surface area contributed by atoms with Gasteiger partial charge >= 0.3 is 5.97 Å². The van der Waals surface area contributed by atoms with Crippen LogP contribution < -0.4 is 0 Å². The summed E-state index contributed by atoms with van der Waals surface area (Å²) in [5.74, 6) is -0.911. The number of esters is 1. The summed E-state index contributed by atoms with van der Waals surface area (Å²) >= 11 is 1.58. The Hall–Kier alpha value is -1.68. The van der Waals surface area contributed by atoms with Gasteiger partial charge in [-0.3, -0.25) is 4.79 Å². The van der Waals surface area contributed by atoms with Gasteiger partial charge in [0.25, 0.3) is 0 Å². The molecule has 0 amide bonds. The smallest absolute Gasteiger partial charge is 0.341 e. The van der Waals surface area contributed by atoms with E-state index in [0.29, 0.717) is 0 Å². The van der Waals surface area contributed by atoms with E-state index in [9.17, 15) is 9.59 Å². The lowest BCUT2D eigenvalue weighted by Gasteiger charge is -1.98. The van der Waals surface area contributed by atoms with Gasteiger partial charge in [0.15, 0.2) is 5.78 Å². The van der Waals surface area contributed by atoms with Gasteiger partial charge in [0, 0.05) is 4.88 Å². The first-order valence-corrected chi connectivity index (χ1v) is 5.54. The molecule has 0 saturated carbocycles. The molecule has 16 heavy (non-hydrogen) atoms. The average Bonchev–Trinajstić information content (AvgIpc) is 2.75. The first-order chi connectivity index (χ1) is 7.65. The summed E-state index contributed by atoms with van der Waals surface area (Å²) in [5, 5.41) is 1.95. The fourth-order valence-corrected chi connectivity index (χ4v) is 1.69. The molecular weight excluding hydrogens is 224 g/mol. The van der Waals surface area contributed by atoms with Crippen LogP contribution in [-0.4, -0.2) is 18.9 Å². The van der Waals surface area contributed by atoms with E-state index in [2.05, 4.69) is 4.74 Å². The third-order valence-corrected chi connectivity index (χ3v) is 2.69. The second-order valence-corrected chi connectivity index (χ2v) is 3.98. The van der Waals surface area contributed by atoms with Gasteiger partial charge in [-0.05, 0) is 30.5 Å². The summed E-state index contributed by atoms with van der Waals surface area (Å²) < 4.78 is 4.50. The highest BCUT2D eigenvalue weighted by atomic mass is 32.1. The molecule has 0 radical (unpaired) electrons. The number of rotatable bonds is 4. The lowest BCUT2D eigenvalue weighted by Crippen LogP contribution is -2.11. The maximum atomic E-state index is 11.2. The molecule has 1 rings (SSSR count). The predicted octanol–water partition coefficient (Wildman–Crippen LogP) is 2.45. The van der Waals surface area contributed by atoms with E-state index in [1.54, 1.807) is 17.4 Å². The molecule has 84 valence electrons. The minimum atomic E-state index is -0.608. The van der Waals surface area contributed by atoms with Crippen LogP contribution in [0.3, 0.4) is 0 Å². The van der Waals surface area contributed by atoms with Crippen LogP contribution >= 0.6 is 11.3 Å². The van der Waals surface area contributed by atoms with Crippen LogP contribution in [0.1, 0.15) is 11.8 Å². The second-order valence-electron chi connectivity index (χ2n) is 3.00. The summed E-state index contributed by atoms with van der Waals surface area (Å²) in [4.78, 5) is 23.4. The average molecular weight is 236 g/mol. The first kappa shape index (κ1) is 12.4. The Labute approximate surface area is 98.0 Å². The topological polar surface area (TPSA) is 43.4 Å². The van der Waals surface area contributed by atoms with Crippen molar-refractivity contribution in [1.82, 2.24) is 0 Å². The highest BCUT2D eigenvalue weighted by Gasteiger charge is 2.12. The molecule has 0 aliphatic heterocycles. The van der Waals surface area contributed by atoms with Gasteiger partial charge in [0.05, 0.1) is 7.11 Å². The van der Waals surface area contributed by atoms with E-state index in [1.807, 2.05) is 23.6 Å². The van der Waals surface area contributed by atoms with E-state index < -0.39 is 5.97 Å². The Morgan fingerprint density at radius 3 is 2.69 bits per heavy atom. The maximum absolute atomic E-state index is 11.2. The van der Waals surface area contributed by atoms with Crippen molar-refractivity contribution in [2.45, 2.75) is 6.92 Å². The third-order valence-electron chi connectivity index (χ3n) is 1.85. The van der Waals surface area contributed by atoms with E-state index in [-0.39, 0.29) is 11.4 Å². The van der Waals surface area contributed by atoms with E-state index in [0.717, 1.165) is 4.88 Å². The van der Waals surface area contributed by atoms with Crippen LogP contribution in [0.2, 0.25) is 0 Å². The Bertz CT molecular complexity index is 427. The molecule has 0 N–H and O–H groups in total. The number of hydrogen-bond acceptors (Lipinski definition) is 4. The molecular formula is C12H12O3S. The molecule has 0 spiro atoms. The number of ether oxygens (including phenoxy) is 1. The standard InChI is InChI=1S/C12H12O3S/c1-9(13)11(12(14)15-2)7-3-5-10-6-4-8-16-10/h3-8H,1-2H3/b5-3+,11-7-. The van der Waals surface area contributed by atoms with Gasteiger partial charge in [-0.25, -0.2) is 4.79 Å². The molecule has 0 aromatic carbocycles. The van der Waals surface area contributed by atoms with Crippen LogP contribution in [0.25, 0.3) is 6.08 Å². The molecule has 1 aromatic rings. The Morgan fingerprint density at radius 2 is 2.19 bits per heavy atom. The zero-order valence-corrected chi connectivity index (χ0v) is 9.91. The lowest BCUT2D eigenvalue weighted by molar-refractivity contribution is -0.137. The fourth-order valence-electron chi connectivity index (χ4n) is 1.06. The molecule has 3 nitrogen and oxygen atoms in total. The molecule has 0 unspecified atom stereocenters. The minimum Gasteiger partial charge on any atom is -0.465 e. The molecule has 0 saturated heterocycles. The number of thiophene rings is 1. The van der Waals surface area contributed by atoms with Crippen LogP contribution in [-0.2, 0) is 14.3 Å². The van der Waals surface area contributed by atoms with Crippen molar-refractivity contribution in [2.75, 3.05) is 7.11 Å². The van der Waals surface area contributed by atoms with Gasteiger partial charge in [0.2, 0.25) is 0 Å². The number of ketones is 1. The number of hydrogen-bond donors (Lipinski definition) is 0. The molecule has 0 atom stereocenters. The number of allylic oxidation sites excluding steroid dienone is 2. The summed E-state index contributed by atoms with van der Waals surface area (Å²) in [6.07, 6.45) is 4.96. The summed E-state index contributed by atoms with van der Waals surface area (Å²) in [7, 11) is 1.25. The number of methoxy groups -OCH3 is 1. The minimum absolute atomic E-state index is 0.0512. The number of Topliss-reactive ketones (excluding diaryl/α,β-unsaturated/α-hetero) is 1. The Balaban J connectivity index is 2.80. The largest absolute Gasteiger partial charge is 0.465 e. The van der Waals surface area contributed by atoms with Crippen LogP contribution in [0.15, 0.2) is 35.2 Å². The highest BCUT2D eigenvalue weighted by Crippen LogP contribution is 2.10. The predicted molar refractivity (Wildman–Crippen MR) is 64.1 cm³/mol. The van der Waals surface area contributed by atoms with Crippen LogP contribution in [0.4, 0.5) is 0 Å². The van der Waals surface area contributed by atoms with Gasteiger partial charge in [-0.2, -0.15) is 0 Å². The first-order valence-electron chi connectivity index (χ1n) is 4.66.